The molecule has 0 heterocycles. The van der Waals surface area contributed by atoms with E-state index in [0.717, 1.165) is 16.7 Å². The largest absolute Gasteiger partial charge is 0.337 e. The lowest BCUT2D eigenvalue weighted by Gasteiger charge is -2.05. The fourth-order valence-electron chi connectivity index (χ4n) is 1.66. The minimum absolute atomic E-state index is 0.366. The molecule has 0 aliphatic heterocycles. The molecule has 0 amide bonds. The Hall–Kier alpha value is -2.32. The third-order valence-corrected chi connectivity index (χ3v) is 2.68. The Kier molecular flexibility index (Phi) is 4.54. The van der Waals surface area contributed by atoms with Crippen molar-refractivity contribution in [1.29, 1.82) is 0 Å². The topological polar surface area (TPSA) is 18.5 Å². The molecule has 2 aromatic rings. The van der Waals surface area contributed by atoms with Crippen LogP contribution in [0, 0.1) is 0 Å². The highest BCUT2D eigenvalue weighted by atomic mass is 17.2. The molecule has 0 N–H and O–H groups in total. The van der Waals surface area contributed by atoms with Crippen molar-refractivity contribution in [2.24, 2.45) is 0 Å². The average Bonchev–Trinajstić information content (AvgIpc) is 2.48. The maximum absolute atomic E-state index is 5.09. The smallest absolute Gasteiger partial charge is 0.165 e. The van der Waals surface area contributed by atoms with Gasteiger partial charge in [-0.25, -0.2) is 0 Å². The Bertz CT molecular complexity index is 538. The molecule has 0 unspecified atom stereocenters. The van der Waals surface area contributed by atoms with E-state index in [1.54, 1.807) is 6.08 Å². The minimum atomic E-state index is 0.366. The van der Waals surface area contributed by atoms with Gasteiger partial charge in [0.2, 0.25) is 0 Å². The number of benzene rings is 2. The van der Waals surface area contributed by atoms with Gasteiger partial charge in [0, 0.05) is 0 Å². The molecule has 0 aliphatic carbocycles. The Morgan fingerprint density at radius 1 is 0.842 bits per heavy atom. The second-order valence-electron chi connectivity index (χ2n) is 4.01. The molecule has 0 aliphatic rings. The van der Waals surface area contributed by atoms with Crippen molar-refractivity contribution < 1.29 is 9.78 Å². The van der Waals surface area contributed by atoms with E-state index < -0.39 is 0 Å². The summed E-state index contributed by atoms with van der Waals surface area (Å²) in [6, 6.07) is 16.0. The highest BCUT2D eigenvalue weighted by Gasteiger charge is 1.99. The average molecular weight is 252 g/mol. The van der Waals surface area contributed by atoms with Crippen molar-refractivity contribution >= 4 is 6.08 Å². The van der Waals surface area contributed by atoms with Gasteiger partial charge in [-0.1, -0.05) is 55.1 Å². The van der Waals surface area contributed by atoms with Gasteiger partial charge in [-0.15, -0.1) is 6.58 Å². The maximum atomic E-state index is 5.09. The zero-order valence-corrected chi connectivity index (χ0v) is 10.7. The van der Waals surface area contributed by atoms with Crippen LogP contribution in [0.1, 0.15) is 5.56 Å². The van der Waals surface area contributed by atoms with Crippen LogP contribution in [0.25, 0.3) is 17.2 Å². The van der Waals surface area contributed by atoms with Crippen molar-refractivity contribution in [2.75, 3.05) is 6.61 Å². The third-order valence-electron chi connectivity index (χ3n) is 2.68. The number of hydrogen-bond acceptors (Lipinski definition) is 2. The predicted molar refractivity (Wildman–Crippen MR) is 78.7 cm³/mol. The Balaban J connectivity index is 2.08. The van der Waals surface area contributed by atoms with E-state index in [2.05, 4.69) is 25.3 Å². The molecule has 0 bridgehead atoms. The molecule has 19 heavy (non-hydrogen) atoms. The van der Waals surface area contributed by atoms with Crippen LogP contribution >= 0.6 is 0 Å². The highest BCUT2D eigenvalue weighted by Crippen LogP contribution is 2.23. The van der Waals surface area contributed by atoms with E-state index in [4.69, 9.17) is 9.78 Å². The summed E-state index contributed by atoms with van der Waals surface area (Å²) in [6.07, 6.45) is 3.47. The molecular weight excluding hydrogens is 236 g/mol. The van der Waals surface area contributed by atoms with Crippen LogP contribution in [0.5, 0.6) is 5.75 Å². The lowest BCUT2D eigenvalue weighted by Crippen LogP contribution is -1.96. The van der Waals surface area contributed by atoms with Crippen LogP contribution in [0.3, 0.4) is 0 Å². The lowest BCUT2D eigenvalue weighted by molar-refractivity contribution is -0.195. The molecule has 0 atom stereocenters. The van der Waals surface area contributed by atoms with Gasteiger partial charge >= 0.3 is 0 Å². The standard InChI is InChI=1S/C17H16O2/c1-3-13-18-19-17-11-9-16(10-12-17)15-7-5-14(4-2)6-8-15/h3-12H,1-2,13H2. The van der Waals surface area contributed by atoms with E-state index in [0.29, 0.717) is 12.4 Å². The quantitative estimate of drug-likeness (QED) is 0.326. The van der Waals surface area contributed by atoms with E-state index in [1.807, 2.05) is 42.5 Å². The lowest BCUT2D eigenvalue weighted by atomic mass is 10.0. The summed E-state index contributed by atoms with van der Waals surface area (Å²) in [4.78, 5) is 10.0. The van der Waals surface area contributed by atoms with Gasteiger partial charge in [-0.05, 0) is 28.8 Å². The molecular formula is C17H16O2. The van der Waals surface area contributed by atoms with Crippen LogP contribution in [-0.2, 0) is 4.89 Å². The molecule has 0 radical (unpaired) electrons. The van der Waals surface area contributed by atoms with Crippen molar-refractivity contribution in [2.45, 2.75) is 0 Å². The third kappa shape index (κ3) is 3.57. The van der Waals surface area contributed by atoms with Crippen LogP contribution in [0.15, 0.2) is 67.8 Å². The first-order chi connectivity index (χ1) is 9.33. The second-order valence-corrected chi connectivity index (χ2v) is 4.01. The molecule has 2 aromatic carbocycles. The van der Waals surface area contributed by atoms with Gasteiger partial charge in [0.15, 0.2) is 5.75 Å². The zero-order valence-electron chi connectivity index (χ0n) is 10.7. The summed E-state index contributed by atoms with van der Waals surface area (Å²) in [5, 5.41) is 0. The number of rotatable bonds is 6. The van der Waals surface area contributed by atoms with Crippen LogP contribution in [0.2, 0.25) is 0 Å². The van der Waals surface area contributed by atoms with Gasteiger partial charge in [-0.3, -0.25) is 0 Å². The van der Waals surface area contributed by atoms with Crippen LogP contribution in [0.4, 0.5) is 0 Å². The number of hydrogen-bond donors (Lipinski definition) is 0. The fraction of sp³-hybridized carbons (Fsp3) is 0.0588. The first-order valence-corrected chi connectivity index (χ1v) is 6.07. The molecule has 2 nitrogen and oxygen atoms in total. The molecule has 0 saturated heterocycles. The molecule has 96 valence electrons. The molecule has 0 aromatic heterocycles. The first kappa shape index (κ1) is 13.1. The molecule has 0 spiro atoms. The maximum Gasteiger partial charge on any atom is 0.165 e. The normalized spacial score (nSPS) is 9.89. The second kappa shape index (κ2) is 6.57. The summed E-state index contributed by atoms with van der Waals surface area (Å²) in [5.74, 6) is 0.674. The fourth-order valence-corrected chi connectivity index (χ4v) is 1.66. The summed E-state index contributed by atoms with van der Waals surface area (Å²) in [7, 11) is 0. The van der Waals surface area contributed by atoms with E-state index >= 15 is 0 Å². The van der Waals surface area contributed by atoms with Crippen molar-refractivity contribution in [3.05, 3.63) is 73.3 Å². The monoisotopic (exact) mass is 252 g/mol. The van der Waals surface area contributed by atoms with Crippen molar-refractivity contribution in [1.82, 2.24) is 0 Å². The minimum Gasteiger partial charge on any atom is -0.337 e. The summed E-state index contributed by atoms with van der Waals surface area (Å²) in [6.45, 7) is 7.66. The first-order valence-electron chi connectivity index (χ1n) is 6.07. The molecule has 2 heteroatoms. The Labute approximate surface area is 113 Å². The molecule has 0 fully saturated rings. The van der Waals surface area contributed by atoms with Gasteiger partial charge < -0.3 is 4.89 Å². The van der Waals surface area contributed by atoms with E-state index in [9.17, 15) is 0 Å². The van der Waals surface area contributed by atoms with Crippen molar-refractivity contribution in [3.8, 4) is 16.9 Å². The van der Waals surface area contributed by atoms with E-state index in [-0.39, 0.29) is 0 Å². The van der Waals surface area contributed by atoms with Gasteiger partial charge in [0.25, 0.3) is 0 Å². The van der Waals surface area contributed by atoms with Gasteiger partial charge in [0.1, 0.15) is 6.61 Å². The Morgan fingerprint density at radius 3 is 1.95 bits per heavy atom. The highest BCUT2D eigenvalue weighted by molar-refractivity contribution is 5.66. The van der Waals surface area contributed by atoms with Gasteiger partial charge in [0.05, 0.1) is 0 Å². The molecule has 2 rings (SSSR count). The summed E-state index contributed by atoms with van der Waals surface area (Å²) < 4.78 is 0. The summed E-state index contributed by atoms with van der Waals surface area (Å²) >= 11 is 0. The van der Waals surface area contributed by atoms with Crippen molar-refractivity contribution in [3.63, 3.8) is 0 Å². The SMILES string of the molecule is C=CCOOc1ccc(-c2ccc(C=C)cc2)cc1. The Morgan fingerprint density at radius 2 is 1.42 bits per heavy atom. The summed E-state index contributed by atoms with van der Waals surface area (Å²) in [5.41, 5.74) is 3.40. The van der Waals surface area contributed by atoms with E-state index in [1.165, 1.54) is 0 Å². The zero-order chi connectivity index (χ0) is 13.5. The molecule has 0 saturated carbocycles. The van der Waals surface area contributed by atoms with Crippen LogP contribution in [-0.4, -0.2) is 6.61 Å². The predicted octanol–water partition coefficient (Wildman–Crippen LogP) is 4.49. The van der Waals surface area contributed by atoms with Crippen LogP contribution < -0.4 is 4.89 Å². The van der Waals surface area contributed by atoms with Gasteiger partial charge in [-0.2, -0.15) is 4.89 Å².